The van der Waals surface area contributed by atoms with Gasteiger partial charge in [-0.1, -0.05) is 47.5 Å². The summed E-state index contributed by atoms with van der Waals surface area (Å²) < 4.78 is 5.18. The van der Waals surface area contributed by atoms with E-state index >= 15 is 0 Å². The van der Waals surface area contributed by atoms with Crippen LogP contribution in [0.2, 0.25) is 10.0 Å². The summed E-state index contributed by atoms with van der Waals surface area (Å²) in [7, 11) is 0. The molecule has 0 radical (unpaired) electrons. The van der Waals surface area contributed by atoms with Crippen molar-refractivity contribution in [2.75, 3.05) is 5.32 Å². The van der Waals surface area contributed by atoms with Crippen molar-refractivity contribution in [2.24, 2.45) is 0 Å². The summed E-state index contributed by atoms with van der Waals surface area (Å²) in [6, 6.07) is 14.9. The van der Waals surface area contributed by atoms with Gasteiger partial charge in [0.05, 0.1) is 0 Å². The van der Waals surface area contributed by atoms with Crippen LogP contribution in [-0.4, -0.2) is 23.1 Å². The number of hydrogen-bond donors (Lipinski definition) is 2. The second kappa shape index (κ2) is 7.86. The Hall–Kier alpha value is -2.76. The minimum Gasteiger partial charge on any atom is -0.507 e. The maximum atomic E-state index is 12.4. The Labute approximate surface area is 165 Å². The van der Waals surface area contributed by atoms with E-state index in [-0.39, 0.29) is 11.3 Å². The molecule has 0 unspecified atom stereocenters. The Morgan fingerprint density at radius 1 is 1.00 bits per heavy atom. The van der Waals surface area contributed by atoms with E-state index in [1.54, 1.807) is 0 Å². The third-order valence-electron chi connectivity index (χ3n) is 3.87. The minimum absolute atomic E-state index is 0.0147. The first-order valence-corrected chi connectivity index (χ1v) is 8.79. The van der Waals surface area contributed by atoms with Crippen LogP contribution in [0, 0.1) is 0 Å². The predicted molar refractivity (Wildman–Crippen MR) is 106 cm³/mol. The van der Waals surface area contributed by atoms with Gasteiger partial charge in [0.1, 0.15) is 11.3 Å². The Morgan fingerprint density at radius 2 is 1.59 bits per heavy atom. The summed E-state index contributed by atoms with van der Waals surface area (Å²) in [6.07, 6.45) is -1.10. The lowest BCUT2D eigenvalue weighted by Gasteiger charge is -2.15. The fourth-order valence-corrected chi connectivity index (χ4v) is 3.07. The minimum atomic E-state index is -1.10. The summed E-state index contributed by atoms with van der Waals surface area (Å²) in [6.45, 7) is 1.43. The molecular weight excluding hydrogens is 389 g/mol. The lowest BCUT2D eigenvalue weighted by Crippen LogP contribution is -2.30. The number of carbonyl (C=O) groups is 2. The first kappa shape index (κ1) is 19.0. The molecule has 0 aliphatic rings. The highest BCUT2D eigenvalue weighted by Gasteiger charge is 2.21. The Balaban J connectivity index is 1.73. The summed E-state index contributed by atoms with van der Waals surface area (Å²) in [4.78, 5) is 24.6. The number of carbonyl (C=O) groups excluding carboxylic acids is 2. The van der Waals surface area contributed by atoms with Crippen LogP contribution >= 0.6 is 23.2 Å². The molecule has 7 heteroatoms. The predicted octanol–water partition coefficient (Wildman–Crippen LogP) is 5.04. The van der Waals surface area contributed by atoms with Gasteiger partial charge in [0.25, 0.3) is 5.91 Å². The van der Waals surface area contributed by atoms with Gasteiger partial charge in [-0.25, -0.2) is 4.79 Å². The maximum Gasteiger partial charge on any atom is 0.342 e. The summed E-state index contributed by atoms with van der Waals surface area (Å²) in [5.41, 5.74) is 0.369. The average Bonchev–Trinajstić information content (AvgIpc) is 2.60. The Kier molecular flexibility index (Phi) is 5.54. The number of hydrogen-bond acceptors (Lipinski definition) is 4. The van der Waals surface area contributed by atoms with Crippen LogP contribution in [0.3, 0.4) is 0 Å². The van der Waals surface area contributed by atoms with Gasteiger partial charge in [-0.05, 0) is 48.0 Å². The fraction of sp³-hybridized carbons (Fsp3) is 0.100. The summed E-state index contributed by atoms with van der Waals surface area (Å²) in [5.74, 6) is -1.57. The molecule has 27 heavy (non-hydrogen) atoms. The van der Waals surface area contributed by atoms with E-state index in [0.29, 0.717) is 15.7 Å². The molecule has 0 aliphatic carbocycles. The number of anilines is 1. The summed E-state index contributed by atoms with van der Waals surface area (Å²) >= 11 is 11.8. The van der Waals surface area contributed by atoms with Gasteiger partial charge < -0.3 is 15.2 Å². The van der Waals surface area contributed by atoms with E-state index in [9.17, 15) is 14.7 Å². The molecule has 3 rings (SSSR count). The molecule has 3 aromatic carbocycles. The van der Waals surface area contributed by atoms with E-state index < -0.39 is 18.0 Å². The van der Waals surface area contributed by atoms with Crippen LogP contribution in [0.15, 0.2) is 54.6 Å². The highest BCUT2D eigenvalue weighted by atomic mass is 35.5. The van der Waals surface area contributed by atoms with Gasteiger partial charge in [0.2, 0.25) is 0 Å². The van der Waals surface area contributed by atoms with Crippen LogP contribution in [0.25, 0.3) is 10.8 Å². The zero-order valence-corrected chi connectivity index (χ0v) is 15.7. The van der Waals surface area contributed by atoms with E-state index in [1.165, 1.54) is 37.3 Å². The molecule has 0 saturated heterocycles. The molecule has 0 heterocycles. The topological polar surface area (TPSA) is 75.6 Å². The van der Waals surface area contributed by atoms with Gasteiger partial charge >= 0.3 is 5.97 Å². The van der Waals surface area contributed by atoms with E-state index in [1.807, 2.05) is 24.3 Å². The van der Waals surface area contributed by atoms with Crippen molar-refractivity contribution < 1.29 is 19.4 Å². The molecule has 2 N–H and O–H groups in total. The first-order valence-electron chi connectivity index (χ1n) is 8.03. The number of halogens is 2. The third-order valence-corrected chi connectivity index (χ3v) is 4.30. The monoisotopic (exact) mass is 403 g/mol. The quantitative estimate of drug-likeness (QED) is 0.598. The highest BCUT2D eigenvalue weighted by Crippen LogP contribution is 2.26. The van der Waals surface area contributed by atoms with Crippen molar-refractivity contribution in [1.29, 1.82) is 0 Å². The van der Waals surface area contributed by atoms with Crippen molar-refractivity contribution in [1.82, 2.24) is 0 Å². The molecule has 0 aliphatic heterocycles. The van der Waals surface area contributed by atoms with Gasteiger partial charge in [0.15, 0.2) is 6.10 Å². The van der Waals surface area contributed by atoms with Crippen LogP contribution in [0.5, 0.6) is 5.75 Å². The van der Waals surface area contributed by atoms with Crippen LogP contribution in [0.1, 0.15) is 17.3 Å². The maximum absolute atomic E-state index is 12.4. The molecule has 3 aromatic rings. The van der Waals surface area contributed by atoms with Crippen molar-refractivity contribution in [2.45, 2.75) is 13.0 Å². The standard InChI is InChI=1S/C20H15Cl2NO4/c1-11(19(25)23-16-9-14(21)8-15(22)10-16)27-20(26)17-6-12-4-2-3-5-13(12)7-18(17)24/h2-11,24H,1H3,(H,23,25)/t11-/m0/s1. The number of fused-ring (bicyclic) bond motifs is 1. The number of nitrogens with one attached hydrogen (secondary N) is 1. The number of rotatable bonds is 4. The highest BCUT2D eigenvalue weighted by molar-refractivity contribution is 6.35. The molecule has 0 saturated carbocycles. The molecule has 1 amide bonds. The van der Waals surface area contributed by atoms with Crippen molar-refractivity contribution in [3.05, 3.63) is 70.2 Å². The van der Waals surface area contributed by atoms with Gasteiger partial charge in [-0.2, -0.15) is 0 Å². The Bertz CT molecular complexity index is 1020. The molecule has 0 bridgehead atoms. The van der Waals surface area contributed by atoms with Crippen molar-refractivity contribution in [3.63, 3.8) is 0 Å². The van der Waals surface area contributed by atoms with E-state index in [0.717, 1.165) is 10.8 Å². The lowest BCUT2D eigenvalue weighted by molar-refractivity contribution is -0.123. The molecular formula is C20H15Cl2NO4. The van der Waals surface area contributed by atoms with Crippen molar-refractivity contribution >= 4 is 51.5 Å². The van der Waals surface area contributed by atoms with Crippen LogP contribution < -0.4 is 5.32 Å². The number of phenols is 1. The largest absolute Gasteiger partial charge is 0.507 e. The van der Waals surface area contributed by atoms with Gasteiger partial charge in [0, 0.05) is 15.7 Å². The first-order chi connectivity index (χ1) is 12.8. The number of amides is 1. The molecule has 1 atom stereocenters. The zero-order chi connectivity index (χ0) is 19.6. The normalized spacial score (nSPS) is 11.8. The lowest BCUT2D eigenvalue weighted by atomic mass is 10.1. The van der Waals surface area contributed by atoms with Crippen molar-refractivity contribution in [3.8, 4) is 5.75 Å². The number of benzene rings is 3. The van der Waals surface area contributed by atoms with E-state index in [2.05, 4.69) is 5.32 Å². The molecule has 0 fully saturated rings. The van der Waals surface area contributed by atoms with E-state index in [4.69, 9.17) is 27.9 Å². The van der Waals surface area contributed by atoms with Crippen LogP contribution in [-0.2, 0) is 9.53 Å². The fourth-order valence-electron chi connectivity index (χ4n) is 2.54. The number of phenolic OH excluding ortho intramolecular Hbond substituents is 1. The SMILES string of the molecule is C[C@H](OC(=O)c1cc2ccccc2cc1O)C(=O)Nc1cc(Cl)cc(Cl)c1. The zero-order valence-electron chi connectivity index (χ0n) is 14.2. The third kappa shape index (κ3) is 4.51. The number of ether oxygens (including phenoxy) is 1. The molecule has 0 spiro atoms. The Morgan fingerprint density at radius 3 is 2.22 bits per heavy atom. The smallest absolute Gasteiger partial charge is 0.342 e. The number of esters is 1. The molecule has 138 valence electrons. The average molecular weight is 404 g/mol. The summed E-state index contributed by atoms with van der Waals surface area (Å²) in [5, 5.41) is 15.0. The number of aromatic hydroxyl groups is 1. The van der Waals surface area contributed by atoms with Gasteiger partial charge in [-0.15, -0.1) is 0 Å². The molecule has 5 nitrogen and oxygen atoms in total. The second-order valence-corrected chi connectivity index (χ2v) is 6.78. The second-order valence-electron chi connectivity index (χ2n) is 5.91. The molecule has 0 aromatic heterocycles. The van der Waals surface area contributed by atoms with Crippen LogP contribution in [0.4, 0.5) is 5.69 Å². The van der Waals surface area contributed by atoms with Gasteiger partial charge in [-0.3, -0.25) is 4.79 Å².